The van der Waals surface area contributed by atoms with Crippen molar-refractivity contribution in [3.05, 3.63) is 50.7 Å². The minimum Gasteiger partial charge on any atom is -0.494 e. The highest BCUT2D eigenvalue weighted by Crippen LogP contribution is 2.29. The minimum atomic E-state index is -0.728. The molecule has 0 aliphatic heterocycles. The second-order valence-electron chi connectivity index (χ2n) is 5.56. The van der Waals surface area contributed by atoms with Crippen LogP contribution in [0.4, 0.5) is 11.4 Å². The molecular weight excluding hydrogens is 402 g/mol. The van der Waals surface area contributed by atoms with Gasteiger partial charge in [-0.25, -0.2) is 0 Å². The number of rotatable bonds is 10. The van der Waals surface area contributed by atoms with Gasteiger partial charge < -0.3 is 20.1 Å². The largest absolute Gasteiger partial charge is 0.494 e. The van der Waals surface area contributed by atoms with Gasteiger partial charge >= 0.3 is 5.97 Å². The minimum absolute atomic E-state index is 0.0392. The van der Waals surface area contributed by atoms with Gasteiger partial charge in [0.2, 0.25) is 0 Å². The monoisotopic (exact) mass is 421 g/mol. The summed E-state index contributed by atoms with van der Waals surface area (Å²) in [4.78, 5) is 46.4. The molecule has 0 aliphatic rings. The molecule has 0 atom stereocenters. The van der Waals surface area contributed by atoms with Gasteiger partial charge in [0.25, 0.3) is 17.5 Å². The summed E-state index contributed by atoms with van der Waals surface area (Å²) in [5, 5.41) is 17.8. The van der Waals surface area contributed by atoms with Crippen LogP contribution in [0.25, 0.3) is 0 Å². The lowest BCUT2D eigenvalue weighted by Crippen LogP contribution is -2.27. The molecule has 1 aromatic carbocycles. The Morgan fingerprint density at radius 2 is 2.03 bits per heavy atom. The van der Waals surface area contributed by atoms with Crippen LogP contribution in [0.2, 0.25) is 0 Å². The van der Waals surface area contributed by atoms with E-state index in [1.54, 1.807) is 24.4 Å². The van der Waals surface area contributed by atoms with Crippen LogP contribution < -0.4 is 15.4 Å². The van der Waals surface area contributed by atoms with Crippen molar-refractivity contribution in [1.29, 1.82) is 0 Å². The Hall–Kier alpha value is -3.47. The molecule has 10 nitrogen and oxygen atoms in total. The molecule has 0 saturated carbocycles. The first-order valence-corrected chi connectivity index (χ1v) is 9.47. The van der Waals surface area contributed by atoms with Gasteiger partial charge in [-0.05, 0) is 30.5 Å². The molecule has 2 N–H and O–H groups in total. The van der Waals surface area contributed by atoms with Crippen LogP contribution >= 0.6 is 11.3 Å². The predicted octanol–water partition coefficient (Wildman–Crippen LogP) is 2.36. The van der Waals surface area contributed by atoms with E-state index in [0.29, 0.717) is 17.2 Å². The number of esters is 1. The summed E-state index contributed by atoms with van der Waals surface area (Å²) in [6.07, 6.45) is -0.117. The number of anilines is 1. The fourth-order valence-electron chi connectivity index (χ4n) is 2.20. The molecule has 11 heteroatoms. The molecule has 0 bridgehead atoms. The molecule has 0 saturated heterocycles. The van der Waals surface area contributed by atoms with Crippen molar-refractivity contribution >= 4 is 40.5 Å². The van der Waals surface area contributed by atoms with Gasteiger partial charge in [-0.2, -0.15) is 0 Å². The molecule has 2 amide bonds. The molecule has 2 aromatic rings. The topological polar surface area (TPSA) is 137 Å². The smallest absolute Gasteiger partial charge is 0.308 e. The number of carbonyl (C=O) groups is 3. The SMILES string of the molecule is CCOc1ccc(NC(=O)COC(=O)CCNC(=O)c2cccs2)c([N+](=O)[O-])c1. The highest BCUT2D eigenvalue weighted by atomic mass is 32.1. The number of amides is 2. The van der Waals surface area contributed by atoms with Crippen molar-refractivity contribution in [3.63, 3.8) is 0 Å². The van der Waals surface area contributed by atoms with Gasteiger partial charge in [-0.3, -0.25) is 24.5 Å². The molecule has 0 radical (unpaired) electrons. The van der Waals surface area contributed by atoms with Gasteiger partial charge in [-0.15, -0.1) is 11.3 Å². The van der Waals surface area contributed by atoms with Gasteiger partial charge in [0, 0.05) is 6.54 Å². The van der Waals surface area contributed by atoms with Crippen molar-refractivity contribution in [1.82, 2.24) is 5.32 Å². The number of hydrogen-bond acceptors (Lipinski definition) is 8. The third-order valence-electron chi connectivity index (χ3n) is 3.47. The number of hydrogen-bond donors (Lipinski definition) is 2. The second-order valence-corrected chi connectivity index (χ2v) is 6.51. The second kappa shape index (κ2) is 10.8. The summed E-state index contributed by atoms with van der Waals surface area (Å²) in [5.74, 6) is -1.41. The van der Waals surface area contributed by atoms with Crippen LogP contribution in [0.1, 0.15) is 23.0 Å². The Bertz CT molecular complexity index is 884. The highest BCUT2D eigenvalue weighted by molar-refractivity contribution is 7.12. The summed E-state index contributed by atoms with van der Waals surface area (Å²) >= 11 is 1.27. The number of thiophene rings is 1. The first-order valence-electron chi connectivity index (χ1n) is 8.59. The zero-order valence-corrected chi connectivity index (χ0v) is 16.3. The number of carbonyl (C=O) groups excluding carboxylic acids is 3. The number of ether oxygens (including phenoxy) is 2. The van der Waals surface area contributed by atoms with E-state index in [0.717, 1.165) is 0 Å². The molecule has 0 aliphatic carbocycles. The Morgan fingerprint density at radius 1 is 1.24 bits per heavy atom. The van der Waals surface area contributed by atoms with Crippen LogP contribution in [-0.4, -0.2) is 42.5 Å². The summed E-state index contributed by atoms with van der Waals surface area (Å²) in [6.45, 7) is 1.53. The summed E-state index contributed by atoms with van der Waals surface area (Å²) in [5.41, 5.74) is -0.380. The summed E-state index contributed by atoms with van der Waals surface area (Å²) < 4.78 is 10.0. The van der Waals surface area contributed by atoms with E-state index in [9.17, 15) is 24.5 Å². The van der Waals surface area contributed by atoms with Crippen LogP contribution in [0.3, 0.4) is 0 Å². The van der Waals surface area contributed by atoms with E-state index in [2.05, 4.69) is 10.6 Å². The number of nitrogens with zero attached hydrogens (tertiary/aromatic N) is 1. The molecule has 2 rings (SSSR count). The van der Waals surface area contributed by atoms with E-state index in [-0.39, 0.29) is 30.2 Å². The zero-order chi connectivity index (χ0) is 21.2. The van der Waals surface area contributed by atoms with Crippen LogP contribution in [0.5, 0.6) is 5.75 Å². The van der Waals surface area contributed by atoms with Crippen molar-refractivity contribution in [2.45, 2.75) is 13.3 Å². The molecule has 154 valence electrons. The first-order chi connectivity index (χ1) is 13.9. The maximum atomic E-state index is 11.9. The lowest BCUT2D eigenvalue weighted by molar-refractivity contribution is -0.384. The van der Waals surface area contributed by atoms with Crippen molar-refractivity contribution in [2.75, 3.05) is 25.1 Å². The van der Waals surface area contributed by atoms with E-state index >= 15 is 0 Å². The van der Waals surface area contributed by atoms with Gasteiger partial charge in [0.05, 0.1) is 28.9 Å². The maximum Gasteiger partial charge on any atom is 0.308 e. The fraction of sp³-hybridized carbons (Fsp3) is 0.278. The maximum absolute atomic E-state index is 11.9. The van der Waals surface area contributed by atoms with Crippen molar-refractivity contribution < 1.29 is 28.8 Å². The highest BCUT2D eigenvalue weighted by Gasteiger charge is 2.18. The molecular formula is C18H19N3O7S. The number of nitro benzene ring substituents is 1. The molecule has 1 heterocycles. The molecule has 1 aromatic heterocycles. The first kappa shape index (κ1) is 21.8. The van der Waals surface area contributed by atoms with Gasteiger partial charge in [0.1, 0.15) is 11.4 Å². The van der Waals surface area contributed by atoms with Gasteiger partial charge in [0.15, 0.2) is 6.61 Å². The van der Waals surface area contributed by atoms with E-state index < -0.39 is 23.4 Å². The van der Waals surface area contributed by atoms with Crippen LogP contribution in [0, 0.1) is 10.1 Å². The lowest BCUT2D eigenvalue weighted by Gasteiger charge is -2.09. The third-order valence-corrected chi connectivity index (χ3v) is 4.34. The quantitative estimate of drug-likeness (QED) is 0.341. The van der Waals surface area contributed by atoms with E-state index in [4.69, 9.17) is 9.47 Å². The molecule has 0 unspecified atom stereocenters. The number of nitro groups is 1. The van der Waals surface area contributed by atoms with Crippen LogP contribution in [0.15, 0.2) is 35.7 Å². The van der Waals surface area contributed by atoms with Crippen LogP contribution in [-0.2, 0) is 14.3 Å². The Morgan fingerprint density at radius 3 is 2.69 bits per heavy atom. The zero-order valence-electron chi connectivity index (χ0n) is 15.5. The normalized spacial score (nSPS) is 10.1. The third kappa shape index (κ3) is 6.88. The molecule has 0 spiro atoms. The van der Waals surface area contributed by atoms with Gasteiger partial charge in [-0.1, -0.05) is 6.07 Å². The van der Waals surface area contributed by atoms with Crippen molar-refractivity contribution in [2.24, 2.45) is 0 Å². The standard InChI is InChI=1S/C18H19N3O7S/c1-2-27-12-5-6-13(14(10-12)21(25)26)20-16(22)11-28-17(23)7-8-19-18(24)15-4-3-9-29-15/h3-6,9-10H,2,7-8,11H2,1H3,(H,19,24)(H,20,22). The number of benzene rings is 1. The fourth-order valence-corrected chi connectivity index (χ4v) is 2.84. The average Bonchev–Trinajstić information content (AvgIpc) is 3.22. The van der Waals surface area contributed by atoms with E-state index in [1.807, 2.05) is 0 Å². The number of nitrogens with one attached hydrogen (secondary N) is 2. The molecule has 0 fully saturated rings. The van der Waals surface area contributed by atoms with E-state index in [1.165, 1.54) is 29.5 Å². The Balaban J connectivity index is 1.78. The molecule has 29 heavy (non-hydrogen) atoms. The summed E-state index contributed by atoms with van der Waals surface area (Å²) in [7, 11) is 0. The summed E-state index contributed by atoms with van der Waals surface area (Å²) in [6, 6.07) is 7.41. The van der Waals surface area contributed by atoms with Crippen molar-refractivity contribution in [3.8, 4) is 5.75 Å². The average molecular weight is 421 g/mol. The predicted molar refractivity (Wildman–Crippen MR) is 105 cm³/mol. The lowest BCUT2D eigenvalue weighted by atomic mass is 10.2. The Kier molecular flexibility index (Phi) is 8.10. The Labute approximate surface area is 170 Å².